The third-order valence-corrected chi connectivity index (χ3v) is 1.67. The van der Waals surface area contributed by atoms with Crippen molar-refractivity contribution in [1.29, 1.82) is 0 Å². The third kappa shape index (κ3) is 5.03. The Labute approximate surface area is 89.3 Å². The zero-order valence-corrected chi connectivity index (χ0v) is 8.95. The van der Waals surface area contributed by atoms with Gasteiger partial charge in [0.05, 0.1) is 12.6 Å². The summed E-state index contributed by atoms with van der Waals surface area (Å²) < 4.78 is 4.71. The van der Waals surface area contributed by atoms with Crippen molar-refractivity contribution < 1.29 is 14.3 Å². The normalized spacial score (nSPS) is 13.5. The molecule has 0 aliphatic rings. The van der Waals surface area contributed by atoms with Crippen LogP contribution in [0.5, 0.6) is 0 Å². The van der Waals surface area contributed by atoms with Crippen LogP contribution >= 0.6 is 0 Å². The summed E-state index contributed by atoms with van der Waals surface area (Å²) in [5, 5.41) is 2.42. The highest BCUT2D eigenvalue weighted by Gasteiger charge is 2.19. The zero-order valence-electron chi connectivity index (χ0n) is 8.95. The Morgan fingerprint density at radius 2 is 2.20 bits per heavy atom. The van der Waals surface area contributed by atoms with Crippen molar-refractivity contribution in [3.63, 3.8) is 0 Å². The van der Waals surface area contributed by atoms with Gasteiger partial charge in [0.2, 0.25) is 5.91 Å². The molecule has 1 amide bonds. The van der Waals surface area contributed by atoms with Gasteiger partial charge in [0.1, 0.15) is 6.04 Å². The first-order valence-corrected chi connectivity index (χ1v) is 4.69. The molecule has 84 valence electrons. The molecule has 3 N–H and O–H groups in total. The van der Waals surface area contributed by atoms with Gasteiger partial charge in [-0.3, -0.25) is 4.79 Å². The summed E-state index contributed by atoms with van der Waals surface area (Å²) in [6.07, 6.45) is 5.14. The number of carbonyl (C=O) groups excluding carboxylic acids is 2. The minimum atomic E-state index is -0.785. The van der Waals surface area contributed by atoms with Crippen LogP contribution < -0.4 is 11.1 Å². The maximum absolute atomic E-state index is 11.3. The summed E-state index contributed by atoms with van der Waals surface area (Å²) in [5.41, 5.74) is 5.44. The minimum Gasteiger partial charge on any atom is -0.464 e. The van der Waals surface area contributed by atoms with Crippen LogP contribution in [0.25, 0.3) is 0 Å². The average Bonchev–Trinajstić information content (AvgIpc) is 2.18. The van der Waals surface area contributed by atoms with Crippen molar-refractivity contribution in [3.05, 3.63) is 0 Å². The fourth-order valence-corrected chi connectivity index (χ4v) is 0.866. The van der Waals surface area contributed by atoms with Gasteiger partial charge in [0.15, 0.2) is 0 Å². The van der Waals surface area contributed by atoms with Gasteiger partial charge in [0, 0.05) is 6.42 Å². The summed E-state index contributed by atoms with van der Waals surface area (Å²) in [6.45, 7) is 3.49. The van der Waals surface area contributed by atoms with Crippen molar-refractivity contribution in [1.82, 2.24) is 5.32 Å². The van der Waals surface area contributed by atoms with Gasteiger partial charge in [-0.15, -0.1) is 12.3 Å². The molecule has 15 heavy (non-hydrogen) atoms. The summed E-state index contributed by atoms with van der Waals surface area (Å²) in [5.74, 6) is 1.34. The minimum absolute atomic E-state index is 0.140. The third-order valence-electron chi connectivity index (χ3n) is 1.67. The van der Waals surface area contributed by atoms with Gasteiger partial charge in [-0.2, -0.15) is 0 Å². The Bertz CT molecular complexity index is 270. The maximum Gasteiger partial charge on any atom is 0.328 e. The van der Waals surface area contributed by atoms with Crippen LogP contribution in [0, 0.1) is 12.3 Å². The SMILES string of the molecule is C#CCC(N)C(=O)NC(C)C(=O)OCC. The monoisotopic (exact) mass is 212 g/mol. The van der Waals surface area contributed by atoms with E-state index in [4.69, 9.17) is 16.9 Å². The van der Waals surface area contributed by atoms with E-state index in [1.807, 2.05) is 0 Å². The molecule has 2 atom stereocenters. The molecule has 0 aliphatic carbocycles. The first-order chi connectivity index (χ1) is 7.02. The largest absolute Gasteiger partial charge is 0.464 e. The number of nitrogens with two attached hydrogens (primary N) is 1. The highest BCUT2D eigenvalue weighted by molar-refractivity contribution is 5.87. The van der Waals surface area contributed by atoms with Gasteiger partial charge in [-0.1, -0.05) is 0 Å². The van der Waals surface area contributed by atoms with Crippen molar-refractivity contribution >= 4 is 11.9 Å². The van der Waals surface area contributed by atoms with E-state index < -0.39 is 24.0 Å². The second-order valence-corrected chi connectivity index (χ2v) is 3.00. The number of hydrogen-bond donors (Lipinski definition) is 2. The second kappa shape index (κ2) is 6.85. The molecule has 2 unspecified atom stereocenters. The average molecular weight is 212 g/mol. The first kappa shape index (κ1) is 13.5. The Kier molecular flexibility index (Phi) is 6.14. The van der Waals surface area contributed by atoms with Gasteiger partial charge in [-0.25, -0.2) is 4.79 Å². The van der Waals surface area contributed by atoms with Crippen LogP contribution in [-0.2, 0) is 14.3 Å². The number of hydrogen-bond acceptors (Lipinski definition) is 4. The Hall–Kier alpha value is -1.54. The molecule has 0 aliphatic heterocycles. The van der Waals surface area contributed by atoms with Gasteiger partial charge in [0.25, 0.3) is 0 Å². The number of rotatable bonds is 5. The number of esters is 1. The fraction of sp³-hybridized carbons (Fsp3) is 0.600. The van der Waals surface area contributed by atoms with Gasteiger partial charge in [-0.05, 0) is 13.8 Å². The topological polar surface area (TPSA) is 81.4 Å². The molecular formula is C10H16N2O3. The predicted octanol–water partition coefficient (Wildman–Crippen LogP) is -0.595. The molecule has 0 saturated heterocycles. The van der Waals surface area contributed by atoms with Gasteiger partial charge >= 0.3 is 5.97 Å². The molecule has 0 spiro atoms. The number of amides is 1. The molecular weight excluding hydrogens is 196 g/mol. The highest BCUT2D eigenvalue weighted by Crippen LogP contribution is 1.91. The second-order valence-electron chi connectivity index (χ2n) is 3.00. The van der Waals surface area contributed by atoms with Crippen LogP contribution in [0.3, 0.4) is 0 Å². The lowest BCUT2D eigenvalue weighted by atomic mass is 10.2. The number of terminal acetylenes is 1. The molecule has 0 aromatic heterocycles. The van der Waals surface area contributed by atoms with E-state index in [0.717, 1.165) is 0 Å². The standard InChI is InChI=1S/C10H16N2O3/c1-4-6-8(11)9(13)12-7(3)10(14)15-5-2/h1,7-8H,5-6,11H2,2-3H3,(H,12,13). The smallest absolute Gasteiger partial charge is 0.328 e. The van der Waals surface area contributed by atoms with Crippen molar-refractivity contribution in [3.8, 4) is 12.3 Å². The lowest BCUT2D eigenvalue weighted by molar-refractivity contribution is -0.146. The van der Waals surface area contributed by atoms with E-state index in [1.54, 1.807) is 6.92 Å². The maximum atomic E-state index is 11.3. The van der Waals surface area contributed by atoms with Crippen molar-refractivity contribution in [2.75, 3.05) is 6.61 Å². The Balaban J connectivity index is 4.07. The molecule has 0 fully saturated rings. The van der Waals surface area contributed by atoms with E-state index in [9.17, 15) is 9.59 Å². The van der Waals surface area contributed by atoms with Crippen LogP contribution in [0.15, 0.2) is 0 Å². The summed E-state index contributed by atoms with van der Waals surface area (Å²) in [7, 11) is 0. The van der Waals surface area contributed by atoms with Crippen LogP contribution in [0.4, 0.5) is 0 Å². The molecule has 0 radical (unpaired) electrons. The number of nitrogens with one attached hydrogen (secondary N) is 1. The lowest BCUT2D eigenvalue weighted by Crippen LogP contribution is -2.47. The molecule has 0 heterocycles. The van der Waals surface area contributed by atoms with E-state index >= 15 is 0 Å². The Morgan fingerprint density at radius 1 is 1.60 bits per heavy atom. The van der Waals surface area contributed by atoms with Crippen LogP contribution in [-0.4, -0.2) is 30.6 Å². The van der Waals surface area contributed by atoms with E-state index in [-0.39, 0.29) is 13.0 Å². The van der Waals surface area contributed by atoms with Crippen LogP contribution in [0.2, 0.25) is 0 Å². The summed E-state index contributed by atoms with van der Waals surface area (Å²) >= 11 is 0. The number of carbonyl (C=O) groups is 2. The quantitative estimate of drug-likeness (QED) is 0.471. The van der Waals surface area contributed by atoms with E-state index in [0.29, 0.717) is 0 Å². The molecule has 0 bridgehead atoms. The molecule has 0 aromatic carbocycles. The van der Waals surface area contributed by atoms with Crippen molar-refractivity contribution in [2.24, 2.45) is 5.73 Å². The number of ether oxygens (including phenoxy) is 1. The molecule has 0 saturated carbocycles. The van der Waals surface area contributed by atoms with Gasteiger partial charge < -0.3 is 15.8 Å². The van der Waals surface area contributed by atoms with E-state index in [1.165, 1.54) is 6.92 Å². The molecule has 0 aromatic rings. The molecule has 5 nitrogen and oxygen atoms in total. The molecule has 0 rings (SSSR count). The first-order valence-electron chi connectivity index (χ1n) is 4.69. The lowest BCUT2D eigenvalue weighted by Gasteiger charge is -2.14. The Morgan fingerprint density at radius 3 is 2.67 bits per heavy atom. The highest BCUT2D eigenvalue weighted by atomic mass is 16.5. The summed E-state index contributed by atoms with van der Waals surface area (Å²) in [6, 6.07) is -1.49. The van der Waals surface area contributed by atoms with E-state index in [2.05, 4.69) is 11.2 Å². The zero-order chi connectivity index (χ0) is 11.8. The summed E-state index contributed by atoms with van der Waals surface area (Å²) in [4.78, 5) is 22.5. The predicted molar refractivity (Wildman–Crippen MR) is 55.7 cm³/mol. The van der Waals surface area contributed by atoms with Crippen molar-refractivity contribution in [2.45, 2.75) is 32.4 Å². The molecule has 5 heteroatoms. The fourth-order valence-electron chi connectivity index (χ4n) is 0.866. The van der Waals surface area contributed by atoms with Crippen LogP contribution in [0.1, 0.15) is 20.3 Å².